The Morgan fingerprint density at radius 1 is 1.62 bits per heavy atom. The number of hydrogen-bond acceptors (Lipinski definition) is 4. The third-order valence-corrected chi connectivity index (χ3v) is 5.11. The van der Waals surface area contributed by atoms with Crippen molar-refractivity contribution in [3.8, 4) is 0 Å². The van der Waals surface area contributed by atoms with E-state index in [1.807, 2.05) is 18.4 Å². The minimum Gasteiger partial charge on any atom is -0.313 e. The van der Waals surface area contributed by atoms with Gasteiger partial charge >= 0.3 is 0 Å². The van der Waals surface area contributed by atoms with Gasteiger partial charge in [0.1, 0.15) is 5.00 Å². The van der Waals surface area contributed by atoms with Crippen molar-refractivity contribution in [1.29, 1.82) is 0 Å². The molecule has 2 heterocycles. The van der Waals surface area contributed by atoms with Gasteiger partial charge in [0.2, 0.25) is 10.0 Å². The second-order valence-corrected chi connectivity index (χ2v) is 6.79. The van der Waals surface area contributed by atoms with E-state index in [-0.39, 0.29) is 11.8 Å². The summed E-state index contributed by atoms with van der Waals surface area (Å²) in [5.41, 5.74) is 0.980. The van der Waals surface area contributed by atoms with Gasteiger partial charge < -0.3 is 5.32 Å². The van der Waals surface area contributed by atoms with Gasteiger partial charge in [-0.2, -0.15) is 0 Å². The highest BCUT2D eigenvalue weighted by Gasteiger charge is 2.22. The maximum atomic E-state index is 11.9. The molecule has 4 nitrogen and oxygen atoms in total. The van der Waals surface area contributed by atoms with Crippen molar-refractivity contribution in [2.75, 3.05) is 17.0 Å². The van der Waals surface area contributed by atoms with E-state index in [1.165, 1.54) is 11.3 Å². The van der Waals surface area contributed by atoms with Crippen LogP contribution in [0.1, 0.15) is 18.4 Å². The minimum atomic E-state index is -3.21. The Kier molecular flexibility index (Phi) is 3.51. The number of thiophene rings is 1. The number of rotatable bonds is 4. The maximum absolute atomic E-state index is 11.9. The van der Waals surface area contributed by atoms with Crippen LogP contribution in [0.25, 0.3) is 0 Å². The van der Waals surface area contributed by atoms with Gasteiger partial charge in [0.25, 0.3) is 0 Å². The van der Waals surface area contributed by atoms with Gasteiger partial charge in [-0.05, 0) is 43.3 Å². The first-order valence-corrected chi connectivity index (χ1v) is 7.88. The molecule has 1 saturated heterocycles. The molecule has 0 aromatic carbocycles. The monoisotopic (exact) mass is 260 g/mol. The summed E-state index contributed by atoms with van der Waals surface area (Å²) in [4.78, 5) is 0. The maximum Gasteiger partial charge on any atom is 0.234 e. The molecular formula is C10H16N2O2S2. The van der Waals surface area contributed by atoms with E-state index in [0.717, 1.165) is 30.0 Å². The van der Waals surface area contributed by atoms with Crippen molar-refractivity contribution in [2.24, 2.45) is 0 Å². The van der Waals surface area contributed by atoms with E-state index in [4.69, 9.17) is 0 Å². The fraction of sp³-hybridized carbons (Fsp3) is 0.600. The Morgan fingerprint density at radius 2 is 2.44 bits per heavy atom. The lowest BCUT2D eigenvalue weighted by Crippen LogP contribution is -2.32. The summed E-state index contributed by atoms with van der Waals surface area (Å²) < 4.78 is 26.4. The summed E-state index contributed by atoms with van der Waals surface area (Å²) in [5.74, 6) is 0.171. The molecule has 16 heavy (non-hydrogen) atoms. The Labute approximate surface area is 100 Å². The summed E-state index contributed by atoms with van der Waals surface area (Å²) in [5, 5.41) is 5.82. The Morgan fingerprint density at radius 3 is 3.00 bits per heavy atom. The average molecular weight is 260 g/mol. The number of aryl methyl sites for hydroxylation is 1. The summed E-state index contributed by atoms with van der Waals surface area (Å²) in [6.07, 6.45) is 2.02. The molecule has 90 valence electrons. The quantitative estimate of drug-likeness (QED) is 0.863. The van der Waals surface area contributed by atoms with Crippen LogP contribution in [0.15, 0.2) is 11.4 Å². The predicted molar refractivity (Wildman–Crippen MR) is 67.5 cm³/mol. The second-order valence-electron chi connectivity index (χ2n) is 4.11. The molecule has 6 heteroatoms. The van der Waals surface area contributed by atoms with Crippen molar-refractivity contribution < 1.29 is 8.42 Å². The zero-order chi connectivity index (χ0) is 11.6. The molecule has 1 aliphatic heterocycles. The summed E-state index contributed by atoms with van der Waals surface area (Å²) in [7, 11) is -3.21. The highest BCUT2D eigenvalue weighted by molar-refractivity contribution is 7.92. The molecule has 1 aliphatic rings. The third kappa shape index (κ3) is 2.96. The normalized spacial score (nSPS) is 21.2. The van der Waals surface area contributed by atoms with Crippen LogP contribution in [-0.2, 0) is 10.0 Å². The molecule has 0 amide bonds. The van der Waals surface area contributed by atoms with Crippen molar-refractivity contribution in [1.82, 2.24) is 5.32 Å². The fourth-order valence-corrected chi connectivity index (χ4v) is 4.40. The number of sulfonamides is 1. The van der Waals surface area contributed by atoms with E-state index >= 15 is 0 Å². The van der Waals surface area contributed by atoms with E-state index in [0.29, 0.717) is 0 Å². The van der Waals surface area contributed by atoms with Crippen LogP contribution in [0, 0.1) is 6.92 Å². The lowest BCUT2D eigenvalue weighted by molar-refractivity contribution is 0.582. The zero-order valence-electron chi connectivity index (χ0n) is 9.19. The van der Waals surface area contributed by atoms with Crippen LogP contribution in [-0.4, -0.2) is 26.8 Å². The SMILES string of the molecule is Cc1ccsc1NS(=O)(=O)CC1CCCN1. The molecule has 2 N–H and O–H groups in total. The third-order valence-electron chi connectivity index (χ3n) is 2.69. The molecule has 1 unspecified atom stereocenters. The van der Waals surface area contributed by atoms with Crippen LogP contribution in [0.2, 0.25) is 0 Å². The van der Waals surface area contributed by atoms with Gasteiger partial charge in [-0.1, -0.05) is 0 Å². The Hall–Kier alpha value is -0.590. The second kappa shape index (κ2) is 4.73. The largest absolute Gasteiger partial charge is 0.313 e. The van der Waals surface area contributed by atoms with Gasteiger partial charge in [0.15, 0.2) is 0 Å². The molecule has 0 aliphatic carbocycles. The topological polar surface area (TPSA) is 58.2 Å². The van der Waals surface area contributed by atoms with Crippen LogP contribution < -0.4 is 10.0 Å². The number of nitrogens with one attached hydrogen (secondary N) is 2. The summed E-state index contributed by atoms with van der Waals surface area (Å²) in [6, 6.07) is 2.02. The first kappa shape index (κ1) is 11.9. The van der Waals surface area contributed by atoms with Gasteiger partial charge in [-0.25, -0.2) is 8.42 Å². The molecule has 1 atom stereocenters. The minimum absolute atomic E-state index is 0.109. The lowest BCUT2D eigenvalue weighted by atomic mass is 10.3. The summed E-state index contributed by atoms with van der Waals surface area (Å²) in [6.45, 7) is 2.83. The van der Waals surface area contributed by atoms with Crippen molar-refractivity contribution in [2.45, 2.75) is 25.8 Å². The van der Waals surface area contributed by atoms with Crippen LogP contribution in [0.5, 0.6) is 0 Å². The number of anilines is 1. The molecule has 0 spiro atoms. The zero-order valence-corrected chi connectivity index (χ0v) is 10.8. The molecule has 0 bridgehead atoms. The van der Waals surface area contributed by atoms with E-state index in [1.54, 1.807) is 0 Å². The molecular weight excluding hydrogens is 244 g/mol. The van der Waals surface area contributed by atoms with Gasteiger partial charge in [0.05, 0.1) is 5.75 Å². The highest BCUT2D eigenvalue weighted by Crippen LogP contribution is 2.23. The van der Waals surface area contributed by atoms with E-state index in [2.05, 4.69) is 10.0 Å². The Bertz CT molecular complexity index is 447. The molecule has 1 fully saturated rings. The average Bonchev–Trinajstić information content (AvgIpc) is 2.78. The van der Waals surface area contributed by atoms with E-state index in [9.17, 15) is 8.42 Å². The van der Waals surface area contributed by atoms with Crippen LogP contribution in [0.3, 0.4) is 0 Å². The first-order chi connectivity index (χ1) is 7.57. The molecule has 0 saturated carbocycles. The standard InChI is InChI=1S/C10H16N2O2S2/c1-8-4-6-15-10(8)12-16(13,14)7-9-3-2-5-11-9/h4,6,9,11-12H,2-3,5,7H2,1H3. The summed E-state index contributed by atoms with van der Waals surface area (Å²) >= 11 is 1.42. The van der Waals surface area contributed by atoms with Gasteiger partial charge in [-0.15, -0.1) is 11.3 Å². The van der Waals surface area contributed by atoms with Crippen molar-refractivity contribution in [3.05, 3.63) is 17.0 Å². The first-order valence-electron chi connectivity index (χ1n) is 5.35. The highest BCUT2D eigenvalue weighted by atomic mass is 32.2. The van der Waals surface area contributed by atoms with E-state index < -0.39 is 10.0 Å². The Balaban J connectivity index is 2.00. The smallest absolute Gasteiger partial charge is 0.234 e. The molecule has 1 aromatic heterocycles. The van der Waals surface area contributed by atoms with Gasteiger partial charge in [0, 0.05) is 6.04 Å². The van der Waals surface area contributed by atoms with Crippen molar-refractivity contribution in [3.63, 3.8) is 0 Å². The fourth-order valence-electron chi connectivity index (χ4n) is 1.82. The predicted octanol–water partition coefficient (Wildman–Crippen LogP) is 1.55. The van der Waals surface area contributed by atoms with Crippen molar-refractivity contribution >= 4 is 26.4 Å². The molecule has 0 radical (unpaired) electrons. The number of hydrogen-bond donors (Lipinski definition) is 2. The van der Waals surface area contributed by atoms with Crippen LogP contribution >= 0.6 is 11.3 Å². The lowest BCUT2D eigenvalue weighted by Gasteiger charge is -2.12. The molecule has 1 aromatic rings. The van der Waals surface area contributed by atoms with Crippen LogP contribution in [0.4, 0.5) is 5.00 Å². The molecule has 2 rings (SSSR count). The van der Waals surface area contributed by atoms with Gasteiger partial charge in [-0.3, -0.25) is 4.72 Å².